The molecule has 1 aromatic rings. The van der Waals surface area contributed by atoms with Gasteiger partial charge in [-0.2, -0.15) is 0 Å². The van der Waals surface area contributed by atoms with Gasteiger partial charge in [-0.25, -0.2) is 0 Å². The molecule has 0 aliphatic heterocycles. The van der Waals surface area contributed by atoms with Crippen LogP contribution in [0.15, 0.2) is 30.3 Å². The molecule has 0 bridgehead atoms. The smallest absolute Gasteiger partial charge is 0.00387 e. The lowest BCUT2D eigenvalue weighted by molar-refractivity contribution is 0.324. The lowest BCUT2D eigenvalue weighted by Gasteiger charge is -2.17. The summed E-state index contributed by atoms with van der Waals surface area (Å²) in [6.45, 7) is 8.05. The predicted octanol–water partition coefficient (Wildman–Crippen LogP) is 3.72. The first-order valence-electron chi connectivity index (χ1n) is 8.18. The molecule has 0 saturated carbocycles. The van der Waals surface area contributed by atoms with Gasteiger partial charge in [0, 0.05) is 12.6 Å². The molecule has 0 aliphatic rings. The fraction of sp³-hybridized carbons (Fsp3) is 0.667. The van der Waals surface area contributed by atoms with E-state index in [-0.39, 0.29) is 0 Å². The Labute approximate surface area is 125 Å². The Hall–Kier alpha value is -0.860. The minimum atomic E-state index is 0.671. The fourth-order valence-electron chi connectivity index (χ4n) is 2.40. The van der Waals surface area contributed by atoms with Gasteiger partial charge in [-0.05, 0) is 58.3 Å². The first-order chi connectivity index (χ1) is 9.72. The zero-order valence-electron chi connectivity index (χ0n) is 13.6. The lowest BCUT2D eigenvalue weighted by atomic mass is 10.1. The average Bonchev–Trinajstić information content (AvgIpc) is 2.48. The SMILES string of the molecule is CCCNC(C)CCCCN(C)CCc1ccccc1. The molecule has 0 amide bonds. The van der Waals surface area contributed by atoms with Crippen molar-refractivity contribution in [2.45, 2.75) is 52.0 Å². The van der Waals surface area contributed by atoms with Crippen molar-refractivity contribution in [2.75, 3.05) is 26.7 Å². The van der Waals surface area contributed by atoms with Crippen molar-refractivity contribution in [3.05, 3.63) is 35.9 Å². The molecule has 1 aromatic carbocycles. The van der Waals surface area contributed by atoms with E-state index in [1.165, 1.54) is 37.8 Å². The molecule has 0 fully saturated rings. The van der Waals surface area contributed by atoms with Crippen LogP contribution in [-0.4, -0.2) is 37.6 Å². The number of likely N-dealkylation sites (N-methyl/N-ethyl adjacent to an activating group) is 1. The molecule has 1 N–H and O–H groups in total. The molecule has 0 spiro atoms. The van der Waals surface area contributed by atoms with Gasteiger partial charge in [0.25, 0.3) is 0 Å². The van der Waals surface area contributed by atoms with Crippen LogP contribution in [0, 0.1) is 0 Å². The van der Waals surface area contributed by atoms with Crippen LogP contribution in [-0.2, 0) is 6.42 Å². The lowest BCUT2D eigenvalue weighted by Crippen LogP contribution is -2.27. The van der Waals surface area contributed by atoms with Gasteiger partial charge in [-0.15, -0.1) is 0 Å². The third-order valence-electron chi connectivity index (χ3n) is 3.79. The number of unbranched alkanes of at least 4 members (excludes halogenated alkanes) is 1. The first-order valence-corrected chi connectivity index (χ1v) is 8.18. The molecule has 20 heavy (non-hydrogen) atoms. The summed E-state index contributed by atoms with van der Waals surface area (Å²) < 4.78 is 0. The zero-order valence-corrected chi connectivity index (χ0v) is 13.6. The van der Waals surface area contributed by atoms with E-state index < -0.39 is 0 Å². The Kier molecular flexibility index (Phi) is 9.35. The minimum Gasteiger partial charge on any atom is -0.314 e. The Balaban J connectivity index is 2.01. The summed E-state index contributed by atoms with van der Waals surface area (Å²) in [5.74, 6) is 0. The van der Waals surface area contributed by atoms with Gasteiger partial charge < -0.3 is 10.2 Å². The second kappa shape index (κ2) is 10.9. The van der Waals surface area contributed by atoms with Gasteiger partial charge in [0.1, 0.15) is 0 Å². The maximum atomic E-state index is 3.55. The first kappa shape index (κ1) is 17.2. The van der Waals surface area contributed by atoms with Crippen LogP contribution in [0.3, 0.4) is 0 Å². The van der Waals surface area contributed by atoms with Crippen molar-refractivity contribution in [3.8, 4) is 0 Å². The van der Waals surface area contributed by atoms with Gasteiger partial charge in [-0.1, -0.05) is 43.7 Å². The molecule has 0 radical (unpaired) electrons. The Morgan fingerprint density at radius 2 is 1.85 bits per heavy atom. The molecule has 1 rings (SSSR count). The summed E-state index contributed by atoms with van der Waals surface area (Å²) in [6.07, 6.45) is 6.32. The van der Waals surface area contributed by atoms with E-state index in [2.05, 4.69) is 61.4 Å². The summed E-state index contributed by atoms with van der Waals surface area (Å²) >= 11 is 0. The van der Waals surface area contributed by atoms with Crippen molar-refractivity contribution in [2.24, 2.45) is 0 Å². The summed E-state index contributed by atoms with van der Waals surface area (Å²) in [7, 11) is 2.24. The van der Waals surface area contributed by atoms with E-state index in [0.29, 0.717) is 6.04 Å². The van der Waals surface area contributed by atoms with Crippen LogP contribution >= 0.6 is 0 Å². The van der Waals surface area contributed by atoms with E-state index >= 15 is 0 Å². The van der Waals surface area contributed by atoms with Crippen LogP contribution in [0.5, 0.6) is 0 Å². The summed E-state index contributed by atoms with van der Waals surface area (Å²) in [6, 6.07) is 11.4. The van der Waals surface area contributed by atoms with Gasteiger partial charge >= 0.3 is 0 Å². The topological polar surface area (TPSA) is 15.3 Å². The molecular formula is C18H32N2. The van der Waals surface area contributed by atoms with Crippen molar-refractivity contribution in [1.29, 1.82) is 0 Å². The van der Waals surface area contributed by atoms with E-state index in [4.69, 9.17) is 0 Å². The van der Waals surface area contributed by atoms with Crippen LogP contribution in [0.1, 0.15) is 45.1 Å². The van der Waals surface area contributed by atoms with E-state index in [0.717, 1.165) is 19.5 Å². The average molecular weight is 276 g/mol. The Bertz CT molecular complexity index is 323. The highest BCUT2D eigenvalue weighted by Gasteiger charge is 2.02. The molecular weight excluding hydrogens is 244 g/mol. The highest BCUT2D eigenvalue weighted by molar-refractivity contribution is 5.14. The molecule has 0 aromatic heterocycles. The molecule has 2 nitrogen and oxygen atoms in total. The molecule has 0 heterocycles. The zero-order chi connectivity index (χ0) is 14.6. The Morgan fingerprint density at radius 3 is 2.55 bits per heavy atom. The van der Waals surface area contributed by atoms with Crippen molar-refractivity contribution in [3.63, 3.8) is 0 Å². The van der Waals surface area contributed by atoms with E-state index in [1.807, 2.05) is 0 Å². The normalized spacial score (nSPS) is 12.8. The third kappa shape index (κ3) is 8.34. The summed E-state index contributed by atoms with van der Waals surface area (Å²) in [4.78, 5) is 2.46. The van der Waals surface area contributed by atoms with Crippen molar-refractivity contribution >= 4 is 0 Å². The highest BCUT2D eigenvalue weighted by Crippen LogP contribution is 2.04. The second-order valence-electron chi connectivity index (χ2n) is 5.89. The maximum Gasteiger partial charge on any atom is 0.00387 e. The van der Waals surface area contributed by atoms with E-state index in [1.54, 1.807) is 0 Å². The van der Waals surface area contributed by atoms with Crippen molar-refractivity contribution < 1.29 is 0 Å². The number of nitrogens with zero attached hydrogens (tertiary/aromatic N) is 1. The quantitative estimate of drug-likeness (QED) is 0.620. The molecule has 1 unspecified atom stereocenters. The maximum absolute atomic E-state index is 3.55. The van der Waals surface area contributed by atoms with E-state index in [9.17, 15) is 0 Å². The van der Waals surface area contributed by atoms with Gasteiger partial charge in [0.15, 0.2) is 0 Å². The number of hydrogen-bond acceptors (Lipinski definition) is 2. The highest BCUT2D eigenvalue weighted by atomic mass is 15.1. The fourth-order valence-corrected chi connectivity index (χ4v) is 2.40. The standard InChI is InChI=1S/C18H32N2/c1-4-14-19-17(2)10-8-9-15-20(3)16-13-18-11-6-5-7-12-18/h5-7,11-12,17,19H,4,8-10,13-16H2,1-3H3. The predicted molar refractivity (Wildman–Crippen MR) is 89.2 cm³/mol. The summed E-state index contributed by atoms with van der Waals surface area (Å²) in [5, 5.41) is 3.55. The second-order valence-corrected chi connectivity index (χ2v) is 5.89. The number of benzene rings is 1. The number of nitrogens with one attached hydrogen (secondary N) is 1. The van der Waals surface area contributed by atoms with Crippen LogP contribution in [0.25, 0.3) is 0 Å². The number of rotatable bonds is 11. The molecule has 114 valence electrons. The Morgan fingerprint density at radius 1 is 1.10 bits per heavy atom. The van der Waals surface area contributed by atoms with Gasteiger partial charge in [0.05, 0.1) is 0 Å². The molecule has 0 saturated heterocycles. The minimum absolute atomic E-state index is 0.671. The molecule has 1 atom stereocenters. The molecule has 0 aliphatic carbocycles. The van der Waals surface area contributed by atoms with Gasteiger partial charge in [0.2, 0.25) is 0 Å². The van der Waals surface area contributed by atoms with Crippen LogP contribution in [0.4, 0.5) is 0 Å². The summed E-state index contributed by atoms with van der Waals surface area (Å²) in [5.41, 5.74) is 1.44. The van der Waals surface area contributed by atoms with Gasteiger partial charge in [-0.3, -0.25) is 0 Å². The van der Waals surface area contributed by atoms with Crippen molar-refractivity contribution in [1.82, 2.24) is 10.2 Å². The largest absolute Gasteiger partial charge is 0.314 e. The van der Waals surface area contributed by atoms with Crippen LogP contribution in [0.2, 0.25) is 0 Å². The molecule has 2 heteroatoms. The third-order valence-corrected chi connectivity index (χ3v) is 3.79. The van der Waals surface area contributed by atoms with Crippen LogP contribution < -0.4 is 5.32 Å². The monoisotopic (exact) mass is 276 g/mol. The number of hydrogen-bond donors (Lipinski definition) is 1.